The molecule has 1 aliphatic rings. The molecule has 152 valence electrons. The number of hydrogen-bond donors (Lipinski definition) is 0. The van der Waals surface area contributed by atoms with Gasteiger partial charge in [0, 0.05) is 43.6 Å². The SMILES string of the molecule is CC(C)S(=O)(=O)N1CCN(C(=O)C[C@H](c2ccc(Cl)cc2)n2cccc2)CC1. The summed E-state index contributed by atoms with van der Waals surface area (Å²) in [7, 11) is -3.28. The van der Waals surface area contributed by atoms with E-state index in [-0.39, 0.29) is 11.9 Å². The molecule has 3 rings (SSSR count). The van der Waals surface area contributed by atoms with Gasteiger partial charge in [0.1, 0.15) is 0 Å². The smallest absolute Gasteiger partial charge is 0.225 e. The lowest BCUT2D eigenvalue weighted by Crippen LogP contribution is -2.52. The van der Waals surface area contributed by atoms with Crippen molar-refractivity contribution in [2.24, 2.45) is 0 Å². The van der Waals surface area contributed by atoms with Gasteiger partial charge < -0.3 is 9.47 Å². The van der Waals surface area contributed by atoms with E-state index in [9.17, 15) is 13.2 Å². The maximum Gasteiger partial charge on any atom is 0.225 e. The minimum Gasteiger partial charge on any atom is -0.346 e. The molecule has 1 fully saturated rings. The highest BCUT2D eigenvalue weighted by Crippen LogP contribution is 2.25. The van der Waals surface area contributed by atoms with E-state index in [0.717, 1.165) is 5.56 Å². The summed E-state index contributed by atoms with van der Waals surface area (Å²) in [5.74, 6) is 0.0234. The second kappa shape index (κ2) is 8.68. The van der Waals surface area contributed by atoms with Crippen LogP contribution in [0.1, 0.15) is 31.9 Å². The predicted octanol–water partition coefficient (Wildman–Crippen LogP) is 3.00. The molecule has 0 spiro atoms. The summed E-state index contributed by atoms with van der Waals surface area (Å²) < 4.78 is 28.1. The van der Waals surface area contributed by atoms with Crippen LogP contribution in [-0.4, -0.2) is 59.5 Å². The van der Waals surface area contributed by atoms with Crippen LogP contribution < -0.4 is 0 Å². The highest BCUT2D eigenvalue weighted by Gasteiger charge is 2.31. The fraction of sp³-hybridized carbons (Fsp3) is 0.450. The van der Waals surface area contributed by atoms with Crippen LogP contribution in [-0.2, 0) is 14.8 Å². The van der Waals surface area contributed by atoms with Crippen LogP contribution in [0.2, 0.25) is 5.02 Å². The molecule has 6 nitrogen and oxygen atoms in total. The Morgan fingerprint density at radius 1 is 1.04 bits per heavy atom. The first kappa shape index (κ1) is 20.9. The van der Waals surface area contributed by atoms with Crippen LogP contribution in [0.5, 0.6) is 0 Å². The number of piperazine rings is 1. The van der Waals surface area contributed by atoms with Gasteiger partial charge in [-0.3, -0.25) is 4.79 Å². The molecule has 1 aromatic heterocycles. The van der Waals surface area contributed by atoms with Crippen molar-refractivity contribution in [3.05, 3.63) is 59.4 Å². The summed E-state index contributed by atoms with van der Waals surface area (Å²) >= 11 is 6.01. The van der Waals surface area contributed by atoms with Gasteiger partial charge in [-0.05, 0) is 43.7 Å². The maximum absolute atomic E-state index is 13.0. The van der Waals surface area contributed by atoms with Crippen molar-refractivity contribution in [2.45, 2.75) is 31.6 Å². The molecule has 0 N–H and O–H groups in total. The zero-order valence-corrected chi connectivity index (χ0v) is 17.7. The molecule has 1 aliphatic heterocycles. The summed E-state index contributed by atoms with van der Waals surface area (Å²) in [6.07, 6.45) is 4.20. The van der Waals surface area contributed by atoms with Crippen LogP contribution >= 0.6 is 11.6 Å². The van der Waals surface area contributed by atoms with Crippen molar-refractivity contribution < 1.29 is 13.2 Å². The van der Waals surface area contributed by atoms with E-state index in [1.807, 2.05) is 53.4 Å². The molecule has 0 unspecified atom stereocenters. The summed E-state index contributed by atoms with van der Waals surface area (Å²) in [5.41, 5.74) is 1.01. The van der Waals surface area contributed by atoms with E-state index in [1.54, 1.807) is 18.7 Å². The lowest BCUT2D eigenvalue weighted by atomic mass is 10.0. The number of nitrogens with zero attached hydrogens (tertiary/aromatic N) is 3. The first-order valence-electron chi connectivity index (χ1n) is 9.43. The van der Waals surface area contributed by atoms with E-state index in [0.29, 0.717) is 37.6 Å². The number of benzene rings is 1. The first-order valence-corrected chi connectivity index (χ1v) is 11.3. The summed E-state index contributed by atoms with van der Waals surface area (Å²) in [6, 6.07) is 11.3. The van der Waals surface area contributed by atoms with Crippen molar-refractivity contribution >= 4 is 27.5 Å². The van der Waals surface area contributed by atoms with Gasteiger partial charge in [0.2, 0.25) is 15.9 Å². The number of amides is 1. The fourth-order valence-electron chi connectivity index (χ4n) is 3.42. The van der Waals surface area contributed by atoms with E-state index < -0.39 is 15.3 Å². The first-order chi connectivity index (χ1) is 13.3. The Morgan fingerprint density at radius 2 is 1.61 bits per heavy atom. The van der Waals surface area contributed by atoms with Gasteiger partial charge in [-0.25, -0.2) is 8.42 Å². The Labute approximate surface area is 171 Å². The Kier molecular flexibility index (Phi) is 6.47. The van der Waals surface area contributed by atoms with Crippen LogP contribution in [0.25, 0.3) is 0 Å². The lowest BCUT2D eigenvalue weighted by molar-refractivity contribution is -0.133. The van der Waals surface area contributed by atoms with E-state index in [1.165, 1.54) is 4.31 Å². The summed E-state index contributed by atoms with van der Waals surface area (Å²) in [5, 5.41) is 0.210. The molecule has 2 heterocycles. The third-order valence-electron chi connectivity index (χ3n) is 5.16. The minimum absolute atomic E-state index is 0.0234. The van der Waals surface area contributed by atoms with Crippen molar-refractivity contribution in [2.75, 3.05) is 26.2 Å². The molecule has 0 saturated carbocycles. The summed E-state index contributed by atoms with van der Waals surface area (Å²) in [6.45, 7) is 4.90. The molecule has 1 amide bonds. The fourth-order valence-corrected chi connectivity index (χ4v) is 4.82. The van der Waals surface area contributed by atoms with E-state index >= 15 is 0 Å². The van der Waals surface area contributed by atoms with Gasteiger partial charge in [-0.15, -0.1) is 0 Å². The third kappa shape index (κ3) is 4.59. The molecule has 0 bridgehead atoms. The molecule has 28 heavy (non-hydrogen) atoms. The largest absolute Gasteiger partial charge is 0.346 e. The Morgan fingerprint density at radius 3 is 2.14 bits per heavy atom. The number of sulfonamides is 1. The topological polar surface area (TPSA) is 62.6 Å². The number of hydrogen-bond acceptors (Lipinski definition) is 3. The van der Waals surface area contributed by atoms with Crippen LogP contribution in [0.4, 0.5) is 0 Å². The second-order valence-electron chi connectivity index (χ2n) is 7.28. The van der Waals surface area contributed by atoms with Gasteiger partial charge >= 0.3 is 0 Å². The molecule has 0 aliphatic carbocycles. The van der Waals surface area contributed by atoms with Crippen molar-refractivity contribution in [3.8, 4) is 0 Å². The van der Waals surface area contributed by atoms with Crippen LogP contribution in [0.3, 0.4) is 0 Å². The number of aromatic nitrogens is 1. The minimum atomic E-state index is -3.28. The molecule has 8 heteroatoms. The van der Waals surface area contributed by atoms with Crippen molar-refractivity contribution in [1.82, 2.24) is 13.8 Å². The number of carbonyl (C=O) groups is 1. The average molecular weight is 424 g/mol. The molecule has 1 atom stereocenters. The van der Waals surface area contributed by atoms with Crippen LogP contribution in [0, 0.1) is 0 Å². The number of rotatable bonds is 6. The maximum atomic E-state index is 13.0. The summed E-state index contributed by atoms with van der Waals surface area (Å²) in [4.78, 5) is 14.7. The zero-order valence-electron chi connectivity index (χ0n) is 16.2. The third-order valence-corrected chi connectivity index (χ3v) is 7.69. The Balaban J connectivity index is 1.69. The molecule has 2 aromatic rings. The van der Waals surface area contributed by atoms with Crippen molar-refractivity contribution in [3.63, 3.8) is 0 Å². The van der Waals surface area contributed by atoms with Gasteiger partial charge in [0.05, 0.1) is 17.7 Å². The highest BCUT2D eigenvalue weighted by atomic mass is 35.5. The van der Waals surface area contributed by atoms with E-state index in [4.69, 9.17) is 11.6 Å². The quantitative estimate of drug-likeness (QED) is 0.717. The molecule has 0 radical (unpaired) electrons. The predicted molar refractivity (Wildman–Crippen MR) is 111 cm³/mol. The van der Waals surface area contributed by atoms with Gasteiger partial charge in [-0.1, -0.05) is 23.7 Å². The second-order valence-corrected chi connectivity index (χ2v) is 10.2. The van der Waals surface area contributed by atoms with Gasteiger partial charge in [-0.2, -0.15) is 4.31 Å². The zero-order chi connectivity index (χ0) is 20.3. The van der Waals surface area contributed by atoms with Gasteiger partial charge in [0.15, 0.2) is 0 Å². The van der Waals surface area contributed by atoms with Crippen LogP contribution in [0.15, 0.2) is 48.8 Å². The molecule has 1 aromatic carbocycles. The number of halogens is 1. The average Bonchev–Trinajstić information content (AvgIpc) is 3.21. The standard InChI is InChI=1S/C20H26ClN3O3S/c1-16(2)28(26,27)24-13-11-23(12-14-24)20(25)15-19(22-9-3-4-10-22)17-5-7-18(21)8-6-17/h3-10,16,19H,11-15H2,1-2H3/t19-/m1/s1. The molecule has 1 saturated heterocycles. The monoisotopic (exact) mass is 423 g/mol. The molecular weight excluding hydrogens is 398 g/mol. The normalized spacial score (nSPS) is 17.1. The highest BCUT2D eigenvalue weighted by molar-refractivity contribution is 7.89. The number of carbonyl (C=O) groups excluding carboxylic acids is 1. The van der Waals surface area contributed by atoms with Crippen molar-refractivity contribution in [1.29, 1.82) is 0 Å². The van der Waals surface area contributed by atoms with E-state index in [2.05, 4.69) is 0 Å². The Hall–Kier alpha value is -1.83. The van der Waals surface area contributed by atoms with Gasteiger partial charge in [0.25, 0.3) is 0 Å². The molecular formula is C20H26ClN3O3S. The lowest BCUT2D eigenvalue weighted by Gasteiger charge is -2.35. The Bertz CT molecular complexity index is 887.